The van der Waals surface area contributed by atoms with E-state index in [1.165, 1.54) is 12.4 Å². The second kappa shape index (κ2) is 2.55. The van der Waals surface area contributed by atoms with Gasteiger partial charge in [-0.15, -0.1) is 0 Å². The molecule has 0 saturated heterocycles. The minimum Gasteiger partial charge on any atom is -0.478 e. The van der Waals surface area contributed by atoms with Crippen molar-refractivity contribution >= 4 is 16.9 Å². The number of nitrogens with zero attached hydrogens (tertiary/aromatic N) is 3. The number of aryl methyl sites for hydroxylation is 1. The standard InChI is InChI=1S/C8H7N3O2/c1-11-7-4-9-2-6(8(12)13)5(7)3-10-11/h2-4H,1H3,(H,12,13). The lowest BCUT2D eigenvalue weighted by atomic mass is 10.2. The molecule has 0 unspecified atom stereocenters. The van der Waals surface area contributed by atoms with Crippen LogP contribution in [0.4, 0.5) is 0 Å². The van der Waals surface area contributed by atoms with Crippen molar-refractivity contribution in [2.45, 2.75) is 0 Å². The van der Waals surface area contributed by atoms with Crippen molar-refractivity contribution in [1.82, 2.24) is 14.8 Å². The zero-order valence-corrected chi connectivity index (χ0v) is 6.93. The molecule has 0 fully saturated rings. The van der Waals surface area contributed by atoms with Crippen LogP contribution in [0.15, 0.2) is 18.6 Å². The molecule has 2 rings (SSSR count). The van der Waals surface area contributed by atoms with Crippen LogP contribution in [0.1, 0.15) is 10.4 Å². The first-order valence-electron chi connectivity index (χ1n) is 3.69. The second-order valence-electron chi connectivity index (χ2n) is 2.69. The SMILES string of the molecule is Cn1ncc2c(C(=O)O)cncc21. The Kier molecular flexibility index (Phi) is 1.51. The largest absolute Gasteiger partial charge is 0.478 e. The number of carboxylic acid groups (broad SMARTS) is 1. The van der Waals surface area contributed by atoms with Crippen LogP contribution in [0.3, 0.4) is 0 Å². The van der Waals surface area contributed by atoms with E-state index in [1.807, 2.05) is 0 Å². The Balaban J connectivity index is 2.84. The maximum atomic E-state index is 10.7. The van der Waals surface area contributed by atoms with Crippen LogP contribution >= 0.6 is 0 Å². The van der Waals surface area contributed by atoms with E-state index in [9.17, 15) is 4.79 Å². The minimum atomic E-state index is -0.980. The Morgan fingerprint density at radius 1 is 1.46 bits per heavy atom. The van der Waals surface area contributed by atoms with Gasteiger partial charge in [-0.3, -0.25) is 9.67 Å². The van der Waals surface area contributed by atoms with Crippen molar-refractivity contribution < 1.29 is 9.90 Å². The number of fused-ring (bicyclic) bond motifs is 1. The van der Waals surface area contributed by atoms with Gasteiger partial charge in [-0.05, 0) is 0 Å². The quantitative estimate of drug-likeness (QED) is 0.695. The lowest BCUT2D eigenvalue weighted by Gasteiger charge is -1.95. The lowest BCUT2D eigenvalue weighted by Crippen LogP contribution is -1.98. The van der Waals surface area contributed by atoms with Crippen LogP contribution in [-0.2, 0) is 7.05 Å². The molecule has 13 heavy (non-hydrogen) atoms. The summed E-state index contributed by atoms with van der Waals surface area (Å²) in [5.41, 5.74) is 0.908. The predicted octanol–water partition coefficient (Wildman–Crippen LogP) is 0.667. The van der Waals surface area contributed by atoms with Gasteiger partial charge in [-0.2, -0.15) is 5.10 Å². The molecular weight excluding hydrogens is 170 g/mol. The van der Waals surface area contributed by atoms with Gasteiger partial charge in [0.05, 0.1) is 23.5 Å². The van der Waals surface area contributed by atoms with E-state index in [2.05, 4.69) is 10.1 Å². The fraction of sp³-hybridized carbons (Fsp3) is 0.125. The van der Waals surface area contributed by atoms with Crippen LogP contribution in [0.25, 0.3) is 10.9 Å². The Morgan fingerprint density at radius 2 is 2.23 bits per heavy atom. The average molecular weight is 177 g/mol. The van der Waals surface area contributed by atoms with Gasteiger partial charge in [-0.1, -0.05) is 0 Å². The first kappa shape index (κ1) is 7.72. The number of hydrogen-bond donors (Lipinski definition) is 1. The number of aromatic nitrogens is 3. The molecule has 1 N–H and O–H groups in total. The highest BCUT2D eigenvalue weighted by Gasteiger charge is 2.10. The third-order valence-electron chi connectivity index (χ3n) is 1.91. The summed E-state index contributed by atoms with van der Waals surface area (Å²) in [7, 11) is 1.75. The Labute approximate surface area is 73.6 Å². The molecule has 0 atom stereocenters. The van der Waals surface area contributed by atoms with Gasteiger partial charge in [0.2, 0.25) is 0 Å². The molecule has 2 aromatic rings. The smallest absolute Gasteiger partial charge is 0.338 e. The van der Waals surface area contributed by atoms with Crippen LogP contribution in [0.5, 0.6) is 0 Å². The molecule has 0 aromatic carbocycles. The first-order valence-corrected chi connectivity index (χ1v) is 3.69. The average Bonchev–Trinajstić information content (AvgIpc) is 2.48. The van der Waals surface area contributed by atoms with Gasteiger partial charge < -0.3 is 5.11 Å². The molecule has 0 aliphatic rings. The first-order chi connectivity index (χ1) is 6.20. The van der Waals surface area contributed by atoms with Crippen molar-refractivity contribution in [3.8, 4) is 0 Å². The molecule has 0 radical (unpaired) electrons. The van der Waals surface area contributed by atoms with Crippen molar-refractivity contribution in [2.75, 3.05) is 0 Å². The molecule has 0 aliphatic carbocycles. The molecular formula is C8H7N3O2. The lowest BCUT2D eigenvalue weighted by molar-refractivity contribution is 0.0698. The molecule has 0 amide bonds. The highest BCUT2D eigenvalue weighted by Crippen LogP contribution is 2.15. The van der Waals surface area contributed by atoms with E-state index in [-0.39, 0.29) is 5.56 Å². The number of hydrogen-bond acceptors (Lipinski definition) is 3. The van der Waals surface area contributed by atoms with Crippen LogP contribution in [-0.4, -0.2) is 25.8 Å². The summed E-state index contributed by atoms with van der Waals surface area (Å²) in [4.78, 5) is 14.6. The summed E-state index contributed by atoms with van der Waals surface area (Å²) in [6, 6.07) is 0. The van der Waals surface area contributed by atoms with Crippen molar-refractivity contribution in [3.63, 3.8) is 0 Å². The number of pyridine rings is 1. The minimum absolute atomic E-state index is 0.186. The maximum absolute atomic E-state index is 10.7. The van der Waals surface area contributed by atoms with Crippen LogP contribution in [0.2, 0.25) is 0 Å². The van der Waals surface area contributed by atoms with Gasteiger partial charge >= 0.3 is 5.97 Å². The van der Waals surface area contributed by atoms with E-state index in [0.29, 0.717) is 5.39 Å². The molecule has 2 heterocycles. The van der Waals surface area contributed by atoms with E-state index in [1.54, 1.807) is 17.9 Å². The van der Waals surface area contributed by atoms with Crippen LogP contribution < -0.4 is 0 Å². The topological polar surface area (TPSA) is 68.0 Å². The Hall–Kier alpha value is -1.91. The second-order valence-corrected chi connectivity index (χ2v) is 2.69. The van der Waals surface area contributed by atoms with Crippen molar-refractivity contribution in [3.05, 3.63) is 24.2 Å². The van der Waals surface area contributed by atoms with Gasteiger partial charge in [0, 0.05) is 18.6 Å². The van der Waals surface area contributed by atoms with Gasteiger partial charge in [-0.25, -0.2) is 4.79 Å². The van der Waals surface area contributed by atoms with Crippen molar-refractivity contribution in [1.29, 1.82) is 0 Å². The summed E-state index contributed by atoms with van der Waals surface area (Å²) in [5.74, 6) is -0.980. The monoisotopic (exact) mass is 177 g/mol. The van der Waals surface area contributed by atoms with E-state index >= 15 is 0 Å². The normalized spacial score (nSPS) is 10.5. The molecule has 0 saturated carbocycles. The third kappa shape index (κ3) is 1.05. The highest BCUT2D eigenvalue weighted by molar-refractivity contribution is 6.01. The highest BCUT2D eigenvalue weighted by atomic mass is 16.4. The van der Waals surface area contributed by atoms with E-state index < -0.39 is 5.97 Å². The van der Waals surface area contributed by atoms with Gasteiger partial charge in [0.1, 0.15) is 0 Å². The summed E-state index contributed by atoms with van der Waals surface area (Å²) < 4.78 is 1.59. The molecule has 0 aliphatic heterocycles. The Morgan fingerprint density at radius 3 is 2.92 bits per heavy atom. The zero-order chi connectivity index (χ0) is 9.42. The zero-order valence-electron chi connectivity index (χ0n) is 6.93. The summed E-state index contributed by atoms with van der Waals surface area (Å²) >= 11 is 0. The predicted molar refractivity (Wildman–Crippen MR) is 45.5 cm³/mol. The fourth-order valence-corrected chi connectivity index (χ4v) is 1.23. The number of carboxylic acids is 1. The summed E-state index contributed by atoms with van der Waals surface area (Å²) in [6.45, 7) is 0. The maximum Gasteiger partial charge on any atom is 0.338 e. The summed E-state index contributed by atoms with van der Waals surface area (Å²) in [5, 5.41) is 13.4. The molecule has 2 aromatic heterocycles. The molecule has 5 heteroatoms. The van der Waals surface area contributed by atoms with E-state index in [0.717, 1.165) is 5.52 Å². The van der Waals surface area contributed by atoms with Gasteiger partial charge in [0.15, 0.2) is 0 Å². The van der Waals surface area contributed by atoms with E-state index in [4.69, 9.17) is 5.11 Å². The molecule has 0 bridgehead atoms. The van der Waals surface area contributed by atoms with Gasteiger partial charge in [0.25, 0.3) is 0 Å². The number of aromatic carboxylic acids is 1. The molecule has 0 spiro atoms. The van der Waals surface area contributed by atoms with Crippen LogP contribution in [0, 0.1) is 0 Å². The molecule has 5 nitrogen and oxygen atoms in total. The van der Waals surface area contributed by atoms with Crippen molar-refractivity contribution in [2.24, 2.45) is 7.05 Å². The third-order valence-corrected chi connectivity index (χ3v) is 1.91. The summed E-state index contributed by atoms with van der Waals surface area (Å²) in [6.07, 6.45) is 4.45. The fourth-order valence-electron chi connectivity index (χ4n) is 1.23. The Bertz CT molecular complexity index is 475. The number of carbonyl (C=O) groups is 1. The molecule has 66 valence electrons. The number of rotatable bonds is 1.